The average Bonchev–Trinajstić information content (AvgIpc) is 2.77. The average molecular weight is 270 g/mol. The Labute approximate surface area is 111 Å². The summed E-state index contributed by atoms with van der Waals surface area (Å²) in [4.78, 5) is 13.0. The van der Waals surface area contributed by atoms with Crippen LogP contribution in [0.3, 0.4) is 0 Å². The Morgan fingerprint density at radius 3 is 3.00 bits per heavy atom. The van der Waals surface area contributed by atoms with E-state index in [2.05, 4.69) is 5.32 Å². The quantitative estimate of drug-likeness (QED) is 0.844. The highest BCUT2D eigenvalue weighted by Crippen LogP contribution is 2.22. The Bertz CT molecular complexity index is 439. The Morgan fingerprint density at radius 2 is 2.33 bits per heavy atom. The van der Waals surface area contributed by atoms with Gasteiger partial charge in [-0.05, 0) is 18.2 Å². The van der Waals surface area contributed by atoms with Crippen LogP contribution in [0.2, 0.25) is 5.02 Å². The molecule has 3 N–H and O–H groups in total. The number of ether oxygens (including phenoxy) is 1. The number of nitrogens with one attached hydrogen (secondary N) is 1. The molecule has 5 nitrogen and oxygen atoms in total. The van der Waals surface area contributed by atoms with Gasteiger partial charge in [0.15, 0.2) is 0 Å². The van der Waals surface area contributed by atoms with Gasteiger partial charge in [-0.1, -0.05) is 11.6 Å². The molecule has 98 valence electrons. The van der Waals surface area contributed by atoms with Crippen molar-refractivity contribution >= 4 is 17.6 Å². The number of rotatable bonds is 5. The van der Waals surface area contributed by atoms with Crippen LogP contribution in [0.4, 0.5) is 4.79 Å². The fourth-order valence-corrected chi connectivity index (χ4v) is 2.03. The molecule has 1 aliphatic heterocycles. The Kier molecular flexibility index (Phi) is 4.28. The predicted octanol–water partition coefficient (Wildman–Crippen LogP) is 1.20. The van der Waals surface area contributed by atoms with Crippen molar-refractivity contribution in [3.05, 3.63) is 28.8 Å². The van der Waals surface area contributed by atoms with Crippen LogP contribution in [0.25, 0.3) is 0 Å². The van der Waals surface area contributed by atoms with Crippen LogP contribution in [0, 0.1) is 0 Å². The minimum atomic E-state index is -0.0336. The number of hydrogen-bond acceptors (Lipinski definition) is 3. The summed E-state index contributed by atoms with van der Waals surface area (Å²) in [6.45, 7) is 2.82. The standard InChI is InChI=1S/C12H16ClN3O2/c13-10-1-2-11(9(7-10)8-14)18-6-5-16-4-3-15-12(16)17/h1-2,7H,3-6,8,14H2,(H,15,17). The van der Waals surface area contributed by atoms with Crippen molar-refractivity contribution < 1.29 is 9.53 Å². The lowest BCUT2D eigenvalue weighted by Gasteiger charge is -2.16. The topological polar surface area (TPSA) is 67.6 Å². The second-order valence-electron chi connectivity index (χ2n) is 4.02. The normalized spacial score (nSPS) is 14.8. The fraction of sp³-hybridized carbons (Fsp3) is 0.417. The van der Waals surface area contributed by atoms with Gasteiger partial charge in [-0.3, -0.25) is 0 Å². The van der Waals surface area contributed by atoms with Gasteiger partial charge in [-0.2, -0.15) is 0 Å². The van der Waals surface area contributed by atoms with Gasteiger partial charge < -0.3 is 20.7 Å². The van der Waals surface area contributed by atoms with Crippen molar-refractivity contribution in [2.75, 3.05) is 26.2 Å². The maximum atomic E-state index is 11.3. The number of amides is 2. The molecule has 0 bridgehead atoms. The minimum absolute atomic E-state index is 0.0336. The zero-order valence-corrected chi connectivity index (χ0v) is 10.7. The molecule has 1 fully saturated rings. The van der Waals surface area contributed by atoms with E-state index in [4.69, 9.17) is 22.1 Å². The van der Waals surface area contributed by atoms with Gasteiger partial charge in [0.05, 0.1) is 6.54 Å². The van der Waals surface area contributed by atoms with Crippen LogP contribution in [0.15, 0.2) is 18.2 Å². The first-order valence-corrected chi connectivity index (χ1v) is 6.22. The van der Waals surface area contributed by atoms with Gasteiger partial charge in [-0.25, -0.2) is 4.79 Å². The van der Waals surface area contributed by atoms with Gasteiger partial charge in [-0.15, -0.1) is 0 Å². The largest absolute Gasteiger partial charge is 0.491 e. The smallest absolute Gasteiger partial charge is 0.317 e. The van der Waals surface area contributed by atoms with Crippen molar-refractivity contribution in [3.8, 4) is 5.75 Å². The van der Waals surface area contributed by atoms with Gasteiger partial charge >= 0.3 is 6.03 Å². The number of nitrogens with zero attached hydrogens (tertiary/aromatic N) is 1. The number of carbonyl (C=O) groups is 1. The number of hydrogen-bond donors (Lipinski definition) is 2. The van der Waals surface area contributed by atoms with Crippen molar-refractivity contribution in [1.82, 2.24) is 10.2 Å². The Balaban J connectivity index is 1.88. The summed E-state index contributed by atoms with van der Waals surface area (Å²) >= 11 is 5.88. The summed E-state index contributed by atoms with van der Waals surface area (Å²) in [7, 11) is 0. The molecule has 0 unspecified atom stereocenters. The second kappa shape index (κ2) is 5.93. The molecular formula is C12H16ClN3O2. The number of nitrogens with two attached hydrogens (primary N) is 1. The first-order valence-electron chi connectivity index (χ1n) is 5.85. The highest BCUT2D eigenvalue weighted by atomic mass is 35.5. The third-order valence-corrected chi connectivity index (χ3v) is 3.04. The van der Waals surface area contributed by atoms with E-state index in [0.717, 1.165) is 17.9 Å². The summed E-state index contributed by atoms with van der Waals surface area (Å²) in [6.07, 6.45) is 0. The van der Waals surface area contributed by atoms with Crippen molar-refractivity contribution in [3.63, 3.8) is 0 Å². The van der Waals surface area contributed by atoms with Gasteiger partial charge in [0.25, 0.3) is 0 Å². The van der Waals surface area contributed by atoms with Gasteiger partial charge in [0.1, 0.15) is 12.4 Å². The van der Waals surface area contributed by atoms with Crippen LogP contribution in [-0.4, -0.2) is 37.2 Å². The molecule has 2 rings (SSSR count). The van der Waals surface area contributed by atoms with Crippen LogP contribution < -0.4 is 15.8 Å². The Morgan fingerprint density at radius 1 is 1.50 bits per heavy atom. The van der Waals surface area contributed by atoms with E-state index in [1.165, 1.54) is 0 Å². The van der Waals surface area contributed by atoms with Gasteiger partial charge in [0.2, 0.25) is 0 Å². The molecular weight excluding hydrogens is 254 g/mol. The maximum absolute atomic E-state index is 11.3. The van der Waals surface area contributed by atoms with Crippen molar-refractivity contribution in [2.45, 2.75) is 6.54 Å². The Hall–Kier alpha value is -1.46. The van der Waals surface area contributed by atoms with Crippen molar-refractivity contribution in [1.29, 1.82) is 0 Å². The molecule has 1 aromatic carbocycles. The lowest BCUT2D eigenvalue weighted by atomic mass is 10.2. The van der Waals surface area contributed by atoms with E-state index in [0.29, 0.717) is 31.3 Å². The van der Waals surface area contributed by atoms with Gasteiger partial charge in [0, 0.05) is 30.2 Å². The molecule has 18 heavy (non-hydrogen) atoms. The molecule has 6 heteroatoms. The molecule has 1 saturated heterocycles. The lowest BCUT2D eigenvalue weighted by Crippen LogP contribution is -2.31. The van der Waals surface area contributed by atoms with E-state index >= 15 is 0 Å². The summed E-state index contributed by atoms with van der Waals surface area (Å²) in [5.41, 5.74) is 6.49. The molecule has 0 spiro atoms. The molecule has 0 radical (unpaired) electrons. The summed E-state index contributed by atoms with van der Waals surface area (Å²) in [6, 6.07) is 5.32. The fourth-order valence-electron chi connectivity index (χ4n) is 1.84. The van der Waals surface area contributed by atoms with E-state index in [1.54, 1.807) is 23.1 Å². The molecule has 0 saturated carbocycles. The third kappa shape index (κ3) is 3.05. The minimum Gasteiger partial charge on any atom is -0.491 e. The van der Waals surface area contributed by atoms with E-state index in [1.807, 2.05) is 0 Å². The zero-order valence-electron chi connectivity index (χ0n) is 9.99. The monoisotopic (exact) mass is 269 g/mol. The molecule has 1 heterocycles. The first-order chi connectivity index (χ1) is 8.70. The number of urea groups is 1. The molecule has 0 aliphatic carbocycles. The van der Waals surface area contributed by atoms with Crippen LogP contribution >= 0.6 is 11.6 Å². The summed E-state index contributed by atoms with van der Waals surface area (Å²) in [5.74, 6) is 0.724. The maximum Gasteiger partial charge on any atom is 0.317 e. The predicted molar refractivity (Wildman–Crippen MR) is 69.8 cm³/mol. The highest BCUT2D eigenvalue weighted by molar-refractivity contribution is 6.30. The first kappa shape index (κ1) is 13.0. The summed E-state index contributed by atoms with van der Waals surface area (Å²) < 4.78 is 5.63. The van der Waals surface area contributed by atoms with E-state index in [9.17, 15) is 4.79 Å². The molecule has 0 aromatic heterocycles. The number of halogens is 1. The number of benzene rings is 1. The summed E-state index contributed by atoms with van der Waals surface area (Å²) in [5, 5.41) is 3.38. The van der Waals surface area contributed by atoms with Crippen LogP contribution in [-0.2, 0) is 6.54 Å². The lowest BCUT2D eigenvalue weighted by molar-refractivity contribution is 0.202. The second-order valence-corrected chi connectivity index (χ2v) is 4.46. The molecule has 2 amide bonds. The van der Waals surface area contributed by atoms with Crippen LogP contribution in [0.1, 0.15) is 5.56 Å². The number of carbonyl (C=O) groups excluding carboxylic acids is 1. The third-order valence-electron chi connectivity index (χ3n) is 2.81. The molecule has 1 aromatic rings. The van der Waals surface area contributed by atoms with E-state index in [-0.39, 0.29) is 6.03 Å². The van der Waals surface area contributed by atoms with Crippen LogP contribution in [0.5, 0.6) is 5.75 Å². The zero-order chi connectivity index (χ0) is 13.0. The molecule has 0 atom stereocenters. The highest BCUT2D eigenvalue weighted by Gasteiger charge is 2.18. The van der Waals surface area contributed by atoms with E-state index < -0.39 is 0 Å². The molecule has 1 aliphatic rings. The van der Waals surface area contributed by atoms with Crippen molar-refractivity contribution in [2.24, 2.45) is 5.73 Å². The SMILES string of the molecule is NCc1cc(Cl)ccc1OCCN1CCNC1=O.